The standard InChI is InChI=1S/C15H29N3/c1-4-9-15-17-11-13-18(15)12-8-6-5-7-10-16-14(2)3/h11,13-14,16H,4-10,12H2,1-3H3. The molecule has 18 heavy (non-hydrogen) atoms. The first kappa shape index (κ1) is 15.2. The molecule has 0 fully saturated rings. The van der Waals surface area contributed by atoms with Crippen molar-refractivity contribution in [3.63, 3.8) is 0 Å². The van der Waals surface area contributed by atoms with Gasteiger partial charge in [0.15, 0.2) is 0 Å². The molecule has 3 nitrogen and oxygen atoms in total. The van der Waals surface area contributed by atoms with Crippen LogP contribution in [0.5, 0.6) is 0 Å². The third kappa shape index (κ3) is 6.20. The van der Waals surface area contributed by atoms with E-state index < -0.39 is 0 Å². The molecule has 1 heterocycles. The number of aromatic nitrogens is 2. The number of rotatable bonds is 10. The van der Waals surface area contributed by atoms with Crippen molar-refractivity contribution in [3.05, 3.63) is 18.2 Å². The van der Waals surface area contributed by atoms with Crippen LogP contribution in [0.25, 0.3) is 0 Å². The summed E-state index contributed by atoms with van der Waals surface area (Å²) in [4.78, 5) is 4.41. The molecule has 1 aromatic heterocycles. The molecule has 1 N–H and O–H groups in total. The quantitative estimate of drug-likeness (QED) is 0.646. The first-order chi connectivity index (χ1) is 8.74. The summed E-state index contributed by atoms with van der Waals surface area (Å²) in [5, 5.41) is 3.46. The van der Waals surface area contributed by atoms with E-state index in [-0.39, 0.29) is 0 Å². The third-order valence-electron chi connectivity index (χ3n) is 3.15. The second-order valence-corrected chi connectivity index (χ2v) is 5.31. The molecule has 0 aromatic carbocycles. The molecule has 1 aromatic rings. The molecule has 0 aliphatic rings. The zero-order valence-electron chi connectivity index (χ0n) is 12.3. The van der Waals surface area contributed by atoms with Crippen molar-refractivity contribution in [1.82, 2.24) is 14.9 Å². The van der Waals surface area contributed by atoms with Crippen LogP contribution in [0.1, 0.15) is 58.7 Å². The Labute approximate surface area is 112 Å². The average Bonchev–Trinajstić information content (AvgIpc) is 2.76. The van der Waals surface area contributed by atoms with Gasteiger partial charge >= 0.3 is 0 Å². The van der Waals surface area contributed by atoms with Gasteiger partial charge in [0, 0.05) is 31.4 Å². The van der Waals surface area contributed by atoms with Crippen LogP contribution in [0.15, 0.2) is 12.4 Å². The molecule has 0 amide bonds. The van der Waals surface area contributed by atoms with E-state index in [4.69, 9.17) is 0 Å². The molecule has 0 spiro atoms. The number of nitrogens with zero attached hydrogens (tertiary/aromatic N) is 2. The van der Waals surface area contributed by atoms with E-state index in [2.05, 4.69) is 41.8 Å². The van der Waals surface area contributed by atoms with Crippen LogP contribution in [0.4, 0.5) is 0 Å². The summed E-state index contributed by atoms with van der Waals surface area (Å²) in [7, 11) is 0. The van der Waals surface area contributed by atoms with Gasteiger partial charge in [0.1, 0.15) is 5.82 Å². The molecule has 0 aliphatic heterocycles. The highest BCUT2D eigenvalue weighted by molar-refractivity contribution is 4.92. The summed E-state index contributed by atoms with van der Waals surface area (Å²) >= 11 is 0. The minimum atomic E-state index is 0.618. The Kier molecular flexibility index (Phi) is 7.74. The maximum Gasteiger partial charge on any atom is 0.108 e. The predicted octanol–water partition coefficient (Wildman–Crippen LogP) is 3.39. The summed E-state index contributed by atoms with van der Waals surface area (Å²) in [5.74, 6) is 1.25. The van der Waals surface area contributed by atoms with E-state index in [1.165, 1.54) is 37.9 Å². The highest BCUT2D eigenvalue weighted by atomic mass is 15.1. The van der Waals surface area contributed by atoms with E-state index in [0.717, 1.165) is 19.5 Å². The smallest absolute Gasteiger partial charge is 0.108 e. The third-order valence-corrected chi connectivity index (χ3v) is 3.15. The summed E-state index contributed by atoms with van der Waals surface area (Å²) in [5.41, 5.74) is 0. The van der Waals surface area contributed by atoms with Crippen LogP contribution in [0.3, 0.4) is 0 Å². The fourth-order valence-corrected chi connectivity index (χ4v) is 2.15. The molecule has 0 radical (unpaired) electrons. The molecule has 3 heteroatoms. The van der Waals surface area contributed by atoms with E-state index in [1.54, 1.807) is 0 Å². The Hall–Kier alpha value is -0.830. The van der Waals surface area contributed by atoms with Gasteiger partial charge in [-0.25, -0.2) is 4.98 Å². The van der Waals surface area contributed by atoms with Crippen LogP contribution >= 0.6 is 0 Å². The fourth-order valence-electron chi connectivity index (χ4n) is 2.15. The Balaban J connectivity index is 2.05. The van der Waals surface area contributed by atoms with Crippen molar-refractivity contribution < 1.29 is 0 Å². The molecule has 0 bridgehead atoms. The largest absolute Gasteiger partial charge is 0.335 e. The number of hydrogen-bond donors (Lipinski definition) is 1. The van der Waals surface area contributed by atoms with Crippen molar-refractivity contribution in [2.24, 2.45) is 0 Å². The van der Waals surface area contributed by atoms with Crippen LogP contribution in [-0.2, 0) is 13.0 Å². The number of hydrogen-bond acceptors (Lipinski definition) is 2. The maximum absolute atomic E-state index is 4.41. The first-order valence-electron chi connectivity index (χ1n) is 7.47. The lowest BCUT2D eigenvalue weighted by Crippen LogP contribution is -2.23. The van der Waals surface area contributed by atoms with Crippen molar-refractivity contribution in [3.8, 4) is 0 Å². The second kappa shape index (κ2) is 9.15. The molecule has 0 saturated heterocycles. The molecule has 0 saturated carbocycles. The van der Waals surface area contributed by atoms with Gasteiger partial charge in [0.25, 0.3) is 0 Å². The minimum absolute atomic E-state index is 0.618. The minimum Gasteiger partial charge on any atom is -0.335 e. The molecular weight excluding hydrogens is 222 g/mol. The van der Waals surface area contributed by atoms with E-state index in [9.17, 15) is 0 Å². The maximum atomic E-state index is 4.41. The van der Waals surface area contributed by atoms with Crippen molar-refractivity contribution in [2.75, 3.05) is 6.54 Å². The van der Waals surface area contributed by atoms with Crippen molar-refractivity contribution in [1.29, 1.82) is 0 Å². The number of nitrogens with one attached hydrogen (secondary N) is 1. The normalized spacial score (nSPS) is 11.3. The van der Waals surface area contributed by atoms with Gasteiger partial charge in [-0.05, 0) is 25.8 Å². The molecule has 104 valence electrons. The molecule has 1 rings (SSSR count). The number of imidazole rings is 1. The molecule has 0 aliphatic carbocycles. The van der Waals surface area contributed by atoms with Gasteiger partial charge in [0.2, 0.25) is 0 Å². The molecular formula is C15H29N3. The van der Waals surface area contributed by atoms with Gasteiger partial charge in [-0.15, -0.1) is 0 Å². The number of aryl methyl sites for hydroxylation is 2. The fraction of sp³-hybridized carbons (Fsp3) is 0.800. The van der Waals surface area contributed by atoms with Crippen LogP contribution in [-0.4, -0.2) is 22.1 Å². The molecule has 0 unspecified atom stereocenters. The van der Waals surface area contributed by atoms with Crippen molar-refractivity contribution >= 4 is 0 Å². The number of unbranched alkanes of at least 4 members (excludes halogenated alkanes) is 3. The lowest BCUT2D eigenvalue weighted by molar-refractivity contribution is 0.520. The summed E-state index contributed by atoms with van der Waals surface area (Å²) in [6.07, 6.45) is 11.5. The Morgan fingerprint density at radius 1 is 1.22 bits per heavy atom. The Morgan fingerprint density at radius 2 is 2.00 bits per heavy atom. The SMILES string of the molecule is CCCc1nccn1CCCCCCNC(C)C. The highest BCUT2D eigenvalue weighted by Crippen LogP contribution is 2.06. The zero-order valence-corrected chi connectivity index (χ0v) is 12.3. The van der Waals surface area contributed by atoms with Gasteiger partial charge in [-0.2, -0.15) is 0 Å². The van der Waals surface area contributed by atoms with Gasteiger partial charge in [0.05, 0.1) is 0 Å². The summed E-state index contributed by atoms with van der Waals surface area (Å²) < 4.78 is 2.32. The van der Waals surface area contributed by atoms with Gasteiger partial charge < -0.3 is 9.88 Å². The lowest BCUT2D eigenvalue weighted by atomic mass is 10.2. The van der Waals surface area contributed by atoms with Crippen LogP contribution in [0, 0.1) is 0 Å². The van der Waals surface area contributed by atoms with Gasteiger partial charge in [-0.3, -0.25) is 0 Å². The van der Waals surface area contributed by atoms with Crippen LogP contribution in [0.2, 0.25) is 0 Å². The van der Waals surface area contributed by atoms with E-state index >= 15 is 0 Å². The first-order valence-corrected chi connectivity index (χ1v) is 7.47. The van der Waals surface area contributed by atoms with Gasteiger partial charge in [-0.1, -0.05) is 33.6 Å². The lowest BCUT2D eigenvalue weighted by Gasteiger charge is -2.08. The highest BCUT2D eigenvalue weighted by Gasteiger charge is 2.00. The monoisotopic (exact) mass is 251 g/mol. The summed E-state index contributed by atoms with van der Waals surface area (Å²) in [6, 6.07) is 0.618. The van der Waals surface area contributed by atoms with Crippen LogP contribution < -0.4 is 5.32 Å². The van der Waals surface area contributed by atoms with E-state index in [1.807, 2.05) is 6.20 Å². The topological polar surface area (TPSA) is 29.9 Å². The Morgan fingerprint density at radius 3 is 2.72 bits per heavy atom. The summed E-state index contributed by atoms with van der Waals surface area (Å²) in [6.45, 7) is 8.90. The zero-order chi connectivity index (χ0) is 13.2. The van der Waals surface area contributed by atoms with Crippen molar-refractivity contribution in [2.45, 2.75) is 71.9 Å². The Bertz CT molecular complexity index is 304. The average molecular weight is 251 g/mol. The van der Waals surface area contributed by atoms with E-state index in [0.29, 0.717) is 6.04 Å². The molecule has 0 atom stereocenters. The second-order valence-electron chi connectivity index (χ2n) is 5.31. The predicted molar refractivity (Wildman–Crippen MR) is 77.8 cm³/mol.